The Morgan fingerprint density at radius 1 is 1.08 bits per heavy atom. The molecule has 0 saturated carbocycles. The second-order valence-corrected chi connectivity index (χ2v) is 11.7. The Labute approximate surface area is 291 Å². The third kappa shape index (κ3) is 7.72. The summed E-state index contributed by atoms with van der Waals surface area (Å²) in [7, 11) is 0. The number of halogens is 3. The lowest BCUT2D eigenvalue weighted by Crippen LogP contribution is -2.51. The zero-order valence-corrected chi connectivity index (χ0v) is 29.0. The van der Waals surface area contributed by atoms with Crippen molar-refractivity contribution in [3.63, 3.8) is 0 Å². The maximum absolute atomic E-state index is 14.1. The highest BCUT2D eigenvalue weighted by atomic mass is 19.4. The summed E-state index contributed by atoms with van der Waals surface area (Å²) in [5, 5.41) is 17.4. The van der Waals surface area contributed by atoms with E-state index < -0.39 is 29.1 Å². The van der Waals surface area contributed by atoms with Crippen molar-refractivity contribution in [2.45, 2.75) is 60.2 Å². The van der Waals surface area contributed by atoms with E-state index in [4.69, 9.17) is 4.74 Å². The summed E-state index contributed by atoms with van der Waals surface area (Å²) in [6.45, 7) is 10.4. The normalized spacial score (nSPS) is 14.9. The van der Waals surface area contributed by atoms with Gasteiger partial charge in [-0.05, 0) is 56.0 Å². The summed E-state index contributed by atoms with van der Waals surface area (Å²) in [4.78, 5) is 56.9. The molecule has 2 aliphatic heterocycles. The van der Waals surface area contributed by atoms with Crippen LogP contribution in [0.2, 0.25) is 0 Å². The van der Waals surface area contributed by atoms with E-state index in [9.17, 15) is 32.7 Å². The van der Waals surface area contributed by atoms with Gasteiger partial charge in [0.1, 0.15) is 18.1 Å². The lowest BCUT2D eigenvalue weighted by molar-refractivity contribution is -0.137. The number of amides is 2. The van der Waals surface area contributed by atoms with Crippen LogP contribution in [-0.4, -0.2) is 90.3 Å². The number of fused-ring (bicyclic) bond motifs is 1. The van der Waals surface area contributed by atoms with Crippen LogP contribution in [0.5, 0.6) is 5.75 Å². The van der Waals surface area contributed by atoms with Gasteiger partial charge < -0.3 is 29.5 Å². The Hall–Kier alpha value is -5.32. The van der Waals surface area contributed by atoms with E-state index in [1.165, 1.54) is 24.1 Å². The van der Waals surface area contributed by atoms with Gasteiger partial charge in [-0.1, -0.05) is 26.8 Å². The second kappa shape index (κ2) is 15.3. The molecule has 0 spiro atoms. The SMILES string of the molecule is CC.CCc1c(N2CCN(C(=O)c3nc(C)ncc3O)CC2)c(=O)n2nc(C3=CCOCC3)nc2n1CC(=O)Nc1ccc(C(F)(F)F)cc1C. The highest BCUT2D eigenvalue weighted by Crippen LogP contribution is 2.32. The predicted molar refractivity (Wildman–Crippen MR) is 183 cm³/mol. The highest BCUT2D eigenvalue weighted by molar-refractivity contribution is 5.95. The van der Waals surface area contributed by atoms with Crippen molar-refractivity contribution in [2.24, 2.45) is 0 Å². The molecule has 1 saturated heterocycles. The third-order valence-electron chi connectivity index (χ3n) is 8.52. The van der Waals surface area contributed by atoms with Crippen molar-refractivity contribution in [1.82, 2.24) is 34.0 Å². The van der Waals surface area contributed by atoms with Gasteiger partial charge in [0.05, 0.1) is 30.7 Å². The molecule has 2 aliphatic rings. The molecule has 51 heavy (non-hydrogen) atoms. The van der Waals surface area contributed by atoms with Crippen LogP contribution in [0.15, 0.2) is 35.3 Å². The first-order valence-corrected chi connectivity index (χ1v) is 16.7. The van der Waals surface area contributed by atoms with Crippen molar-refractivity contribution in [1.29, 1.82) is 0 Å². The zero-order chi connectivity index (χ0) is 37.0. The predicted octanol–water partition coefficient (Wildman–Crippen LogP) is 4.02. The number of benzene rings is 1. The molecule has 5 heterocycles. The Bertz CT molecular complexity index is 2030. The smallest absolute Gasteiger partial charge is 0.416 e. The number of aromatic nitrogens is 6. The molecule has 0 aliphatic carbocycles. The Balaban J connectivity index is 0.00000248. The number of nitrogens with zero attached hydrogens (tertiary/aromatic N) is 8. The molecule has 0 atom stereocenters. The molecule has 17 heteroatoms. The topological polar surface area (TPSA) is 160 Å². The quantitative estimate of drug-likeness (QED) is 0.287. The summed E-state index contributed by atoms with van der Waals surface area (Å²) >= 11 is 0. The molecule has 2 amide bonds. The van der Waals surface area contributed by atoms with Crippen LogP contribution in [0.1, 0.15) is 66.2 Å². The molecule has 272 valence electrons. The van der Waals surface area contributed by atoms with Gasteiger partial charge in [0, 0.05) is 31.9 Å². The summed E-state index contributed by atoms with van der Waals surface area (Å²) in [6.07, 6.45) is -0.665. The molecule has 0 bridgehead atoms. The molecule has 0 radical (unpaired) electrons. The summed E-state index contributed by atoms with van der Waals surface area (Å²) in [5.41, 5.74) is 0.655. The number of hydrogen-bond donors (Lipinski definition) is 2. The van der Waals surface area contributed by atoms with Gasteiger partial charge in [0.15, 0.2) is 17.3 Å². The molecule has 3 aromatic heterocycles. The van der Waals surface area contributed by atoms with Crippen LogP contribution >= 0.6 is 0 Å². The fraction of sp³-hybridized carbons (Fsp3) is 0.441. The van der Waals surface area contributed by atoms with Gasteiger partial charge >= 0.3 is 6.18 Å². The average Bonchev–Trinajstić information content (AvgIpc) is 3.58. The summed E-state index contributed by atoms with van der Waals surface area (Å²) in [5.74, 6) is -0.543. The van der Waals surface area contributed by atoms with Crippen LogP contribution in [0, 0.1) is 13.8 Å². The van der Waals surface area contributed by atoms with E-state index in [0.717, 1.165) is 22.2 Å². The first kappa shape index (κ1) is 36.9. The first-order chi connectivity index (χ1) is 24.3. The molecule has 1 aromatic carbocycles. The number of nitrogens with one attached hydrogen (secondary N) is 1. The Kier molecular flexibility index (Phi) is 11.1. The Morgan fingerprint density at radius 2 is 1.80 bits per heavy atom. The minimum atomic E-state index is -4.53. The van der Waals surface area contributed by atoms with E-state index in [-0.39, 0.29) is 61.2 Å². The van der Waals surface area contributed by atoms with Crippen LogP contribution in [0.25, 0.3) is 11.4 Å². The number of alkyl halides is 3. The van der Waals surface area contributed by atoms with Gasteiger partial charge in [-0.15, -0.1) is 5.10 Å². The number of aryl methyl sites for hydroxylation is 2. The fourth-order valence-corrected chi connectivity index (χ4v) is 6.01. The largest absolute Gasteiger partial charge is 0.504 e. The van der Waals surface area contributed by atoms with Crippen molar-refractivity contribution >= 4 is 34.5 Å². The molecular weight excluding hydrogens is 671 g/mol. The van der Waals surface area contributed by atoms with Gasteiger partial charge in [0.2, 0.25) is 11.7 Å². The van der Waals surface area contributed by atoms with E-state index in [1.54, 1.807) is 11.5 Å². The lowest BCUT2D eigenvalue weighted by Gasteiger charge is -2.36. The molecule has 14 nitrogen and oxygen atoms in total. The van der Waals surface area contributed by atoms with E-state index in [1.807, 2.05) is 31.7 Å². The van der Waals surface area contributed by atoms with Gasteiger partial charge in [-0.2, -0.15) is 22.7 Å². The van der Waals surface area contributed by atoms with Crippen LogP contribution in [0.4, 0.5) is 24.5 Å². The highest BCUT2D eigenvalue weighted by Gasteiger charge is 2.32. The number of piperazine rings is 1. The number of anilines is 2. The number of aromatic hydroxyl groups is 1. The number of rotatable bonds is 7. The minimum Gasteiger partial charge on any atom is -0.504 e. The van der Waals surface area contributed by atoms with Gasteiger partial charge in [0.25, 0.3) is 11.5 Å². The lowest BCUT2D eigenvalue weighted by atomic mass is 10.1. The minimum absolute atomic E-state index is 0.106. The standard InChI is InChI=1S/C32H34F3N9O5.C2H6/c1-4-23-27(41-9-11-42(12-10-41)29(47)26-24(45)16-36-19(3)37-26)30(48)44-31(39-28(40-44)20-7-13-49-14-8-20)43(23)17-25(46)38-22-6-5-21(15-18(22)2)32(33,34)35;1-2/h5-7,15-16,45H,4,8-14,17H2,1-3H3,(H,38,46);1-2H3. The van der Waals surface area contributed by atoms with E-state index >= 15 is 0 Å². The van der Waals surface area contributed by atoms with Crippen LogP contribution in [-0.2, 0) is 28.7 Å². The van der Waals surface area contributed by atoms with Crippen molar-refractivity contribution in [2.75, 3.05) is 49.6 Å². The molecule has 1 fully saturated rings. The monoisotopic (exact) mass is 711 g/mol. The van der Waals surface area contributed by atoms with Gasteiger partial charge in [-0.3, -0.25) is 14.4 Å². The van der Waals surface area contributed by atoms with E-state index in [2.05, 4.69) is 25.4 Å². The van der Waals surface area contributed by atoms with Crippen molar-refractivity contribution in [3.8, 4) is 5.75 Å². The molecule has 0 unspecified atom stereocenters. The van der Waals surface area contributed by atoms with Crippen LogP contribution in [0.3, 0.4) is 0 Å². The average molecular weight is 712 g/mol. The van der Waals surface area contributed by atoms with Crippen molar-refractivity contribution in [3.05, 3.63) is 75.0 Å². The van der Waals surface area contributed by atoms with Gasteiger partial charge in [-0.25, -0.2) is 9.97 Å². The zero-order valence-electron chi connectivity index (χ0n) is 29.0. The molecule has 4 aromatic rings. The number of carbonyl (C=O) groups excluding carboxylic acids is 2. The first-order valence-electron chi connectivity index (χ1n) is 16.7. The van der Waals surface area contributed by atoms with Crippen LogP contribution < -0.4 is 15.8 Å². The second-order valence-electron chi connectivity index (χ2n) is 11.7. The Morgan fingerprint density at radius 3 is 2.43 bits per heavy atom. The maximum Gasteiger partial charge on any atom is 0.416 e. The summed E-state index contributed by atoms with van der Waals surface area (Å²) in [6, 6.07) is 3.08. The molecule has 2 N–H and O–H groups in total. The summed E-state index contributed by atoms with van der Waals surface area (Å²) < 4.78 is 47.9. The number of ether oxygens (including phenoxy) is 1. The van der Waals surface area contributed by atoms with E-state index in [0.29, 0.717) is 49.1 Å². The number of carbonyl (C=O) groups is 2. The number of hydrogen-bond acceptors (Lipinski definition) is 10. The molecular formula is C34H40F3N9O5. The maximum atomic E-state index is 14.1. The fourth-order valence-electron chi connectivity index (χ4n) is 6.01. The van der Waals surface area contributed by atoms with Crippen molar-refractivity contribution < 1.29 is 32.6 Å². The molecule has 6 rings (SSSR count). The third-order valence-corrected chi connectivity index (χ3v) is 8.52.